The molecule has 2 aromatic rings. The summed E-state index contributed by atoms with van der Waals surface area (Å²) in [4.78, 5) is 14.5. The van der Waals surface area contributed by atoms with Gasteiger partial charge in [0.25, 0.3) is 5.56 Å². The van der Waals surface area contributed by atoms with Crippen molar-refractivity contribution in [3.8, 4) is 22.9 Å². The van der Waals surface area contributed by atoms with Crippen molar-refractivity contribution in [3.05, 3.63) is 51.4 Å². The van der Waals surface area contributed by atoms with Crippen molar-refractivity contribution in [2.45, 2.75) is 33.1 Å². The lowest BCUT2D eigenvalue weighted by Gasteiger charge is -2.13. The van der Waals surface area contributed by atoms with E-state index >= 15 is 0 Å². The van der Waals surface area contributed by atoms with Gasteiger partial charge >= 0.3 is 0 Å². The van der Waals surface area contributed by atoms with Gasteiger partial charge in [-0.15, -0.1) is 0 Å². The summed E-state index contributed by atoms with van der Waals surface area (Å²) in [6.07, 6.45) is 0.976. The van der Waals surface area contributed by atoms with Gasteiger partial charge in [0, 0.05) is 16.8 Å². The summed E-state index contributed by atoms with van der Waals surface area (Å²) in [6, 6.07) is 9.00. The minimum Gasteiger partial charge on any atom is -0.507 e. The molecule has 0 saturated heterocycles. The highest BCUT2D eigenvalue weighted by atomic mass is 16.3. The van der Waals surface area contributed by atoms with Crippen molar-refractivity contribution in [1.29, 1.82) is 5.26 Å². The molecular formula is C17H18N2O2. The number of hydrogen-bond donors (Lipinski definition) is 2. The number of nitriles is 1. The number of aryl methyl sites for hydroxylation is 1. The predicted molar refractivity (Wildman–Crippen MR) is 82.3 cm³/mol. The lowest BCUT2D eigenvalue weighted by Crippen LogP contribution is -2.12. The Morgan fingerprint density at radius 1 is 1.33 bits per heavy atom. The Kier molecular flexibility index (Phi) is 4.13. The number of benzene rings is 1. The van der Waals surface area contributed by atoms with Crippen LogP contribution in [0.2, 0.25) is 0 Å². The molecule has 1 heterocycles. The van der Waals surface area contributed by atoms with Crippen LogP contribution in [0.25, 0.3) is 11.1 Å². The number of pyridine rings is 1. The number of aromatic hydroxyl groups is 1. The number of phenols is 1. The zero-order chi connectivity index (χ0) is 15.6. The molecule has 0 amide bonds. The molecule has 0 aliphatic rings. The average Bonchev–Trinajstić information content (AvgIpc) is 2.46. The first-order chi connectivity index (χ1) is 9.97. The van der Waals surface area contributed by atoms with E-state index in [0.717, 1.165) is 12.0 Å². The van der Waals surface area contributed by atoms with Gasteiger partial charge in [0.05, 0.1) is 0 Å². The maximum atomic E-state index is 11.9. The highest BCUT2D eigenvalue weighted by Gasteiger charge is 2.15. The first-order valence-electron chi connectivity index (χ1n) is 6.95. The molecule has 0 spiro atoms. The van der Waals surface area contributed by atoms with Crippen LogP contribution in [0.3, 0.4) is 0 Å². The molecule has 0 saturated carbocycles. The van der Waals surface area contributed by atoms with E-state index in [2.05, 4.69) is 18.8 Å². The number of nitrogens with zero attached hydrogens (tertiary/aromatic N) is 1. The van der Waals surface area contributed by atoms with Crippen LogP contribution in [0.15, 0.2) is 29.1 Å². The van der Waals surface area contributed by atoms with Crippen LogP contribution in [-0.4, -0.2) is 10.1 Å². The van der Waals surface area contributed by atoms with Crippen LogP contribution in [0.5, 0.6) is 5.75 Å². The molecule has 108 valence electrons. The van der Waals surface area contributed by atoms with Crippen molar-refractivity contribution in [2.75, 3.05) is 0 Å². The molecule has 1 aromatic heterocycles. The molecule has 1 unspecified atom stereocenters. The second-order valence-corrected chi connectivity index (χ2v) is 5.27. The van der Waals surface area contributed by atoms with Crippen molar-refractivity contribution in [3.63, 3.8) is 0 Å². The van der Waals surface area contributed by atoms with E-state index in [0.29, 0.717) is 22.7 Å². The van der Waals surface area contributed by atoms with Gasteiger partial charge in [-0.1, -0.05) is 19.9 Å². The van der Waals surface area contributed by atoms with Crippen molar-refractivity contribution >= 4 is 0 Å². The first kappa shape index (κ1) is 14.9. The Labute approximate surface area is 123 Å². The van der Waals surface area contributed by atoms with Crippen LogP contribution < -0.4 is 5.56 Å². The quantitative estimate of drug-likeness (QED) is 0.905. The number of phenolic OH excluding ortho intramolecular Hbond substituents is 1. The molecule has 2 N–H and O–H groups in total. The highest BCUT2D eigenvalue weighted by Crippen LogP contribution is 2.34. The minimum absolute atomic E-state index is 0.0252. The molecule has 0 aliphatic heterocycles. The van der Waals surface area contributed by atoms with E-state index in [9.17, 15) is 15.2 Å². The molecule has 0 radical (unpaired) electrons. The lowest BCUT2D eigenvalue weighted by atomic mass is 9.92. The van der Waals surface area contributed by atoms with E-state index < -0.39 is 5.56 Å². The van der Waals surface area contributed by atoms with Crippen LogP contribution >= 0.6 is 0 Å². The number of aromatic amines is 1. The van der Waals surface area contributed by atoms with Gasteiger partial charge in [-0.2, -0.15) is 5.26 Å². The highest BCUT2D eigenvalue weighted by molar-refractivity contribution is 5.76. The molecule has 4 nitrogen and oxygen atoms in total. The van der Waals surface area contributed by atoms with Gasteiger partial charge in [-0.25, -0.2) is 0 Å². The van der Waals surface area contributed by atoms with E-state index in [-0.39, 0.29) is 11.3 Å². The van der Waals surface area contributed by atoms with Gasteiger partial charge in [-0.3, -0.25) is 4.79 Å². The van der Waals surface area contributed by atoms with E-state index in [1.54, 1.807) is 19.1 Å². The Hall–Kier alpha value is -2.54. The third kappa shape index (κ3) is 2.82. The van der Waals surface area contributed by atoms with Gasteiger partial charge in [0.2, 0.25) is 0 Å². The standard InChI is InChI=1S/C17H18N2O2/c1-4-10(2)12-5-6-16(20)14(8-12)13-7-11(3)19-17(21)15(13)9-18/h5-8,10,20H,4H2,1-3H3,(H,19,21). The third-order valence-electron chi connectivity index (χ3n) is 3.77. The number of H-pyrrole nitrogens is 1. The van der Waals surface area contributed by atoms with Crippen molar-refractivity contribution in [2.24, 2.45) is 0 Å². The number of rotatable bonds is 3. The Morgan fingerprint density at radius 2 is 2.05 bits per heavy atom. The molecule has 0 aliphatic carbocycles. The van der Waals surface area contributed by atoms with Gasteiger partial charge < -0.3 is 10.1 Å². The fraction of sp³-hybridized carbons (Fsp3) is 0.294. The predicted octanol–water partition coefficient (Wildman–Crippen LogP) is 3.44. The zero-order valence-corrected chi connectivity index (χ0v) is 12.4. The summed E-state index contributed by atoms with van der Waals surface area (Å²) >= 11 is 0. The Bertz CT molecular complexity index is 769. The van der Waals surface area contributed by atoms with Crippen molar-refractivity contribution in [1.82, 2.24) is 4.98 Å². The topological polar surface area (TPSA) is 76.9 Å². The van der Waals surface area contributed by atoms with Crippen LogP contribution in [0.4, 0.5) is 0 Å². The number of aromatic nitrogens is 1. The largest absolute Gasteiger partial charge is 0.507 e. The molecule has 0 fully saturated rings. The number of hydrogen-bond acceptors (Lipinski definition) is 3. The van der Waals surface area contributed by atoms with Crippen LogP contribution in [0, 0.1) is 18.3 Å². The first-order valence-corrected chi connectivity index (χ1v) is 6.95. The van der Waals surface area contributed by atoms with Crippen LogP contribution in [0.1, 0.15) is 43.0 Å². The Balaban J connectivity index is 2.73. The van der Waals surface area contributed by atoms with E-state index in [4.69, 9.17) is 0 Å². The molecule has 21 heavy (non-hydrogen) atoms. The second-order valence-electron chi connectivity index (χ2n) is 5.27. The van der Waals surface area contributed by atoms with E-state index in [1.807, 2.05) is 18.2 Å². The average molecular weight is 282 g/mol. The zero-order valence-electron chi connectivity index (χ0n) is 12.4. The third-order valence-corrected chi connectivity index (χ3v) is 3.77. The smallest absolute Gasteiger partial charge is 0.266 e. The summed E-state index contributed by atoms with van der Waals surface area (Å²) in [5.41, 5.74) is 2.33. The van der Waals surface area contributed by atoms with Crippen LogP contribution in [-0.2, 0) is 0 Å². The summed E-state index contributed by atoms with van der Waals surface area (Å²) < 4.78 is 0. The summed E-state index contributed by atoms with van der Waals surface area (Å²) in [7, 11) is 0. The lowest BCUT2D eigenvalue weighted by molar-refractivity contribution is 0.477. The molecule has 4 heteroatoms. The fourth-order valence-corrected chi connectivity index (χ4v) is 2.32. The maximum absolute atomic E-state index is 11.9. The molecular weight excluding hydrogens is 264 g/mol. The summed E-state index contributed by atoms with van der Waals surface area (Å²) in [5, 5.41) is 19.3. The van der Waals surface area contributed by atoms with Crippen molar-refractivity contribution < 1.29 is 5.11 Å². The molecule has 2 rings (SSSR count). The molecule has 1 aromatic carbocycles. The monoisotopic (exact) mass is 282 g/mol. The van der Waals surface area contributed by atoms with E-state index in [1.165, 1.54) is 0 Å². The fourth-order valence-electron chi connectivity index (χ4n) is 2.32. The minimum atomic E-state index is -0.430. The van der Waals surface area contributed by atoms with Gasteiger partial charge in [0.15, 0.2) is 0 Å². The van der Waals surface area contributed by atoms with Gasteiger partial charge in [0.1, 0.15) is 17.4 Å². The Morgan fingerprint density at radius 3 is 2.67 bits per heavy atom. The normalized spacial score (nSPS) is 11.9. The van der Waals surface area contributed by atoms with Gasteiger partial charge in [-0.05, 0) is 43.0 Å². The molecule has 1 atom stereocenters. The molecule has 0 bridgehead atoms. The number of nitrogens with one attached hydrogen (secondary N) is 1. The maximum Gasteiger partial charge on any atom is 0.266 e. The second kappa shape index (κ2) is 5.84. The summed E-state index contributed by atoms with van der Waals surface area (Å²) in [5.74, 6) is 0.418. The SMILES string of the molecule is CCC(C)c1ccc(O)c(-c2cc(C)[nH]c(=O)c2C#N)c1. The summed E-state index contributed by atoms with van der Waals surface area (Å²) in [6.45, 7) is 5.95.